The van der Waals surface area contributed by atoms with Crippen LogP contribution in [0.1, 0.15) is 19.4 Å². The molecule has 0 amide bonds. The Labute approximate surface area is 157 Å². The second-order valence-electron chi connectivity index (χ2n) is 5.51. The van der Waals surface area contributed by atoms with Crippen LogP contribution in [-0.4, -0.2) is 25.8 Å². The van der Waals surface area contributed by atoms with Gasteiger partial charge in [0, 0.05) is 29.2 Å². The molecule has 1 N–H and O–H groups in total. The molecular weight excluding hydrogens is 382 g/mol. The smallest absolute Gasteiger partial charge is 0.202 e. The fourth-order valence-electron chi connectivity index (χ4n) is 2.45. The summed E-state index contributed by atoms with van der Waals surface area (Å²) in [6, 6.07) is 14.6. The molecule has 0 aliphatic carbocycles. The summed E-state index contributed by atoms with van der Waals surface area (Å²) in [5, 5.41) is 8.60. The average molecular weight is 406 g/mol. The zero-order valence-corrected chi connectivity index (χ0v) is 17.0. The molecule has 0 aromatic heterocycles. The van der Waals surface area contributed by atoms with Crippen molar-refractivity contribution in [2.75, 3.05) is 29.6 Å². The van der Waals surface area contributed by atoms with Gasteiger partial charge >= 0.3 is 0 Å². The molecule has 0 radical (unpaired) electrons. The minimum atomic E-state index is 0.433. The first kappa shape index (κ1) is 18.9. The highest BCUT2D eigenvalue weighted by Gasteiger charge is 2.16. The van der Waals surface area contributed by atoms with Crippen LogP contribution in [0, 0.1) is 5.41 Å². The minimum Gasteiger partial charge on any atom is -0.316 e. The first-order chi connectivity index (χ1) is 11.5. The van der Waals surface area contributed by atoms with Crippen molar-refractivity contribution in [3.63, 3.8) is 0 Å². The lowest BCUT2D eigenvalue weighted by molar-refractivity contribution is 1.09. The largest absolute Gasteiger partial charge is 0.316 e. The highest BCUT2D eigenvalue weighted by Crippen LogP contribution is 2.31. The molecule has 0 spiro atoms. The van der Waals surface area contributed by atoms with E-state index in [1.807, 2.05) is 36.0 Å². The minimum absolute atomic E-state index is 0.433. The third-order valence-electron chi connectivity index (χ3n) is 3.93. The second kappa shape index (κ2) is 8.58. The standard InChI is InChI=1S/C19H24BrN3S/c1-5-14-8-7-9-15(12-14)22(3)19(21)23(4)18-13-16(24-6-2)10-11-17(18)20/h7-13,21H,5-6H2,1-4H3. The van der Waals surface area contributed by atoms with Crippen LogP contribution in [0.5, 0.6) is 0 Å². The number of hydrogen-bond acceptors (Lipinski definition) is 2. The number of halogens is 1. The molecule has 0 heterocycles. The highest BCUT2D eigenvalue weighted by atomic mass is 79.9. The number of guanidine groups is 1. The van der Waals surface area contributed by atoms with Crippen molar-refractivity contribution in [3.05, 3.63) is 52.5 Å². The average Bonchev–Trinajstić information content (AvgIpc) is 2.61. The van der Waals surface area contributed by atoms with Crippen molar-refractivity contribution in [2.24, 2.45) is 0 Å². The summed E-state index contributed by atoms with van der Waals surface area (Å²) in [5.74, 6) is 1.47. The molecule has 0 atom stereocenters. The van der Waals surface area contributed by atoms with Gasteiger partial charge in [-0.25, -0.2) is 0 Å². The monoisotopic (exact) mass is 405 g/mol. The molecule has 0 unspecified atom stereocenters. The zero-order valence-electron chi connectivity index (χ0n) is 14.6. The molecule has 0 saturated carbocycles. The Balaban J connectivity index is 2.26. The molecule has 128 valence electrons. The summed E-state index contributed by atoms with van der Waals surface area (Å²) in [5.41, 5.74) is 3.30. The Morgan fingerprint density at radius 1 is 1.08 bits per heavy atom. The molecule has 2 aromatic carbocycles. The normalized spacial score (nSPS) is 10.5. The molecule has 2 rings (SSSR count). The van der Waals surface area contributed by atoms with Gasteiger partial charge in [0.15, 0.2) is 0 Å². The van der Waals surface area contributed by atoms with E-state index in [-0.39, 0.29) is 0 Å². The van der Waals surface area contributed by atoms with Crippen LogP contribution in [0.15, 0.2) is 51.8 Å². The lowest BCUT2D eigenvalue weighted by Crippen LogP contribution is -2.39. The number of nitrogens with one attached hydrogen (secondary N) is 1. The van der Waals surface area contributed by atoms with E-state index in [9.17, 15) is 0 Å². The highest BCUT2D eigenvalue weighted by molar-refractivity contribution is 9.10. The lowest BCUT2D eigenvalue weighted by Gasteiger charge is -2.29. The van der Waals surface area contributed by atoms with Crippen LogP contribution in [0.2, 0.25) is 0 Å². The number of hydrogen-bond donors (Lipinski definition) is 1. The van der Waals surface area contributed by atoms with Crippen molar-refractivity contribution in [3.8, 4) is 0 Å². The van der Waals surface area contributed by atoms with Crippen molar-refractivity contribution < 1.29 is 0 Å². The quantitative estimate of drug-likeness (QED) is 0.397. The Bertz CT molecular complexity index is 718. The van der Waals surface area contributed by atoms with Gasteiger partial charge in [-0.2, -0.15) is 0 Å². The van der Waals surface area contributed by atoms with Gasteiger partial charge in [-0.15, -0.1) is 11.8 Å². The van der Waals surface area contributed by atoms with E-state index in [0.29, 0.717) is 5.96 Å². The maximum Gasteiger partial charge on any atom is 0.202 e. The third kappa shape index (κ3) is 4.33. The Morgan fingerprint density at radius 2 is 1.83 bits per heavy atom. The molecule has 3 nitrogen and oxygen atoms in total. The summed E-state index contributed by atoms with van der Waals surface area (Å²) in [7, 11) is 3.87. The van der Waals surface area contributed by atoms with Crippen molar-refractivity contribution in [1.82, 2.24) is 0 Å². The predicted octanol–water partition coefficient (Wildman–Crippen LogP) is 5.63. The van der Waals surface area contributed by atoms with Gasteiger partial charge in [0.25, 0.3) is 0 Å². The van der Waals surface area contributed by atoms with Gasteiger partial charge in [0.1, 0.15) is 0 Å². The first-order valence-corrected chi connectivity index (χ1v) is 9.83. The fraction of sp³-hybridized carbons (Fsp3) is 0.316. The summed E-state index contributed by atoms with van der Waals surface area (Å²) in [6.45, 7) is 4.29. The van der Waals surface area contributed by atoms with E-state index in [1.54, 1.807) is 11.8 Å². The van der Waals surface area contributed by atoms with Crippen LogP contribution in [0.25, 0.3) is 0 Å². The van der Waals surface area contributed by atoms with Crippen LogP contribution in [0.3, 0.4) is 0 Å². The van der Waals surface area contributed by atoms with Gasteiger partial charge < -0.3 is 9.80 Å². The topological polar surface area (TPSA) is 30.3 Å². The molecule has 0 aliphatic rings. The number of thioether (sulfide) groups is 1. The lowest BCUT2D eigenvalue weighted by atomic mass is 10.1. The van der Waals surface area contributed by atoms with Gasteiger partial charge in [-0.05, 0) is 64.0 Å². The predicted molar refractivity (Wildman–Crippen MR) is 111 cm³/mol. The maximum atomic E-state index is 8.60. The van der Waals surface area contributed by atoms with E-state index >= 15 is 0 Å². The van der Waals surface area contributed by atoms with Gasteiger partial charge in [0.2, 0.25) is 5.96 Å². The first-order valence-electron chi connectivity index (χ1n) is 8.05. The van der Waals surface area contributed by atoms with Gasteiger partial charge in [-0.1, -0.05) is 26.0 Å². The summed E-state index contributed by atoms with van der Waals surface area (Å²) < 4.78 is 0.992. The maximum absolute atomic E-state index is 8.60. The molecule has 0 fully saturated rings. The van der Waals surface area contributed by atoms with E-state index in [2.05, 4.69) is 60.1 Å². The molecule has 0 bridgehead atoms. The van der Waals surface area contributed by atoms with Crippen molar-refractivity contribution >= 4 is 45.0 Å². The summed E-state index contributed by atoms with van der Waals surface area (Å²) in [6.07, 6.45) is 0.993. The van der Waals surface area contributed by atoms with Crippen LogP contribution in [0.4, 0.5) is 11.4 Å². The second-order valence-corrected chi connectivity index (χ2v) is 7.70. The number of aryl methyl sites for hydroxylation is 1. The van der Waals surface area contributed by atoms with Crippen LogP contribution >= 0.6 is 27.7 Å². The van der Waals surface area contributed by atoms with Gasteiger partial charge in [-0.3, -0.25) is 5.41 Å². The number of nitrogens with zero attached hydrogens (tertiary/aromatic N) is 2. The van der Waals surface area contributed by atoms with Crippen LogP contribution in [-0.2, 0) is 6.42 Å². The van der Waals surface area contributed by atoms with E-state index < -0.39 is 0 Å². The Morgan fingerprint density at radius 3 is 2.50 bits per heavy atom. The fourth-order valence-corrected chi connectivity index (χ4v) is 3.66. The van der Waals surface area contributed by atoms with Crippen LogP contribution < -0.4 is 9.80 Å². The summed E-state index contributed by atoms with van der Waals surface area (Å²) in [4.78, 5) is 5.03. The van der Waals surface area contributed by atoms with Crippen molar-refractivity contribution in [1.29, 1.82) is 5.41 Å². The SMILES string of the molecule is CCSc1ccc(Br)c(N(C)C(=N)N(C)c2cccc(CC)c2)c1. The third-order valence-corrected chi connectivity index (χ3v) is 5.48. The number of benzene rings is 2. The molecule has 24 heavy (non-hydrogen) atoms. The molecule has 5 heteroatoms. The van der Waals surface area contributed by atoms with E-state index in [1.165, 1.54) is 10.5 Å². The molecule has 2 aromatic rings. The molecule has 0 saturated heterocycles. The Kier molecular flexibility index (Phi) is 6.75. The number of anilines is 2. The van der Waals surface area contributed by atoms with E-state index in [4.69, 9.17) is 5.41 Å². The summed E-state index contributed by atoms with van der Waals surface area (Å²) >= 11 is 5.42. The molecular formula is C19H24BrN3S. The van der Waals surface area contributed by atoms with E-state index in [0.717, 1.165) is 28.0 Å². The van der Waals surface area contributed by atoms with Gasteiger partial charge in [0.05, 0.1) is 5.69 Å². The Hall–Kier alpha value is -1.46. The van der Waals surface area contributed by atoms with Crippen molar-refractivity contribution in [2.45, 2.75) is 25.2 Å². The zero-order chi connectivity index (χ0) is 17.7. The molecule has 0 aliphatic heterocycles. The number of rotatable bonds is 5.